The van der Waals surface area contributed by atoms with Gasteiger partial charge in [-0.15, -0.1) is 0 Å². The average Bonchev–Trinajstić information content (AvgIpc) is 1.88. The van der Waals surface area contributed by atoms with Gasteiger partial charge in [-0.05, 0) is 6.07 Å². The fourth-order valence-corrected chi connectivity index (χ4v) is 0.675. The normalized spacial score (nSPS) is 8.90. The van der Waals surface area contributed by atoms with Crippen LogP contribution in [-0.4, -0.2) is 6.41 Å². The molecule has 0 fully saturated rings. The smallest absolute Gasteiger partial charge is 0.211 e. The zero-order valence-corrected chi connectivity index (χ0v) is 5.45. The van der Waals surface area contributed by atoms with Crippen molar-refractivity contribution < 1.29 is 9.36 Å². The molecule has 0 atom stereocenters. The van der Waals surface area contributed by atoms with E-state index >= 15 is 0 Å². The summed E-state index contributed by atoms with van der Waals surface area (Å²) in [6.07, 6.45) is 4.14. The second-order valence-electron chi connectivity index (χ2n) is 1.87. The van der Waals surface area contributed by atoms with E-state index in [9.17, 15) is 4.79 Å². The highest BCUT2D eigenvalue weighted by atomic mass is 16.1. The lowest BCUT2D eigenvalue weighted by Crippen LogP contribution is -2.23. The minimum absolute atomic E-state index is 0.634. The molecule has 0 aliphatic carbocycles. The summed E-state index contributed by atoms with van der Waals surface area (Å²) in [4.78, 5) is 9.94. The van der Waals surface area contributed by atoms with Crippen molar-refractivity contribution in [3.63, 3.8) is 0 Å². The summed E-state index contributed by atoms with van der Waals surface area (Å²) in [6, 6.07) is 3.59. The molecule has 1 amide bonds. The maximum absolute atomic E-state index is 9.94. The standard InChI is InChI=1S/C7H8N2O/c1-9-4-2-3-7(5-9)8-6-10/h2-6H,1H2,(H,8,10)/q+1. The molecule has 0 aliphatic rings. The second kappa shape index (κ2) is 2.96. The van der Waals surface area contributed by atoms with Gasteiger partial charge in [-0.25, -0.2) is 0 Å². The van der Waals surface area contributed by atoms with Crippen molar-refractivity contribution in [1.82, 2.24) is 0 Å². The molecule has 1 rings (SSSR count). The number of carbonyl (C=O) groups is 1. The summed E-state index contributed by atoms with van der Waals surface area (Å²) in [5, 5.41) is 2.51. The minimum Gasteiger partial charge on any atom is -0.324 e. The number of hydrogen-bond acceptors (Lipinski definition) is 1. The van der Waals surface area contributed by atoms with E-state index in [0.29, 0.717) is 6.41 Å². The van der Waals surface area contributed by atoms with Crippen LogP contribution in [0.3, 0.4) is 0 Å². The molecule has 0 unspecified atom stereocenters. The summed E-state index contributed by atoms with van der Waals surface area (Å²) < 4.78 is 1.62. The first-order valence-corrected chi connectivity index (χ1v) is 2.85. The van der Waals surface area contributed by atoms with Crippen molar-refractivity contribution >= 4 is 12.1 Å². The van der Waals surface area contributed by atoms with E-state index in [0.717, 1.165) is 5.69 Å². The number of nitrogens with zero attached hydrogens (tertiary/aromatic N) is 1. The highest BCUT2D eigenvalue weighted by molar-refractivity contribution is 5.69. The summed E-state index contributed by atoms with van der Waals surface area (Å²) in [6.45, 7) is 0. The van der Waals surface area contributed by atoms with Gasteiger partial charge in [0.2, 0.25) is 13.5 Å². The third kappa shape index (κ3) is 1.55. The largest absolute Gasteiger partial charge is 0.324 e. The first-order chi connectivity index (χ1) is 4.83. The van der Waals surface area contributed by atoms with Gasteiger partial charge < -0.3 is 5.32 Å². The number of nitrogens with one attached hydrogen (secondary N) is 1. The van der Waals surface area contributed by atoms with Crippen molar-refractivity contribution in [3.8, 4) is 0 Å². The molecule has 1 aromatic rings. The zero-order chi connectivity index (χ0) is 7.40. The molecule has 0 bridgehead atoms. The lowest BCUT2D eigenvalue weighted by atomic mass is 10.4. The molecule has 0 aromatic carbocycles. The van der Waals surface area contributed by atoms with Gasteiger partial charge in [-0.1, -0.05) is 0 Å². The Bertz CT molecular complexity index is 235. The van der Waals surface area contributed by atoms with Crippen LogP contribution in [0.15, 0.2) is 24.5 Å². The predicted molar refractivity (Wildman–Crippen MR) is 37.1 cm³/mol. The Kier molecular flexibility index (Phi) is 1.99. The van der Waals surface area contributed by atoms with E-state index in [2.05, 4.69) is 12.4 Å². The van der Waals surface area contributed by atoms with Gasteiger partial charge in [0.25, 0.3) is 0 Å². The molecule has 0 saturated heterocycles. The van der Waals surface area contributed by atoms with E-state index < -0.39 is 0 Å². The maximum Gasteiger partial charge on any atom is 0.211 e. The molecule has 3 nitrogen and oxygen atoms in total. The average molecular weight is 136 g/mol. The van der Waals surface area contributed by atoms with Gasteiger partial charge in [0.05, 0.1) is 0 Å². The first-order valence-electron chi connectivity index (χ1n) is 2.85. The molecule has 1 radical (unpaired) electrons. The Morgan fingerprint density at radius 2 is 2.50 bits per heavy atom. The fraction of sp³-hybridized carbons (Fsp3) is 0. The molecule has 1 N–H and O–H groups in total. The quantitative estimate of drug-likeness (QED) is 0.456. The van der Waals surface area contributed by atoms with Crippen LogP contribution in [-0.2, 0) is 4.79 Å². The highest BCUT2D eigenvalue weighted by Crippen LogP contribution is 1.97. The van der Waals surface area contributed by atoms with Gasteiger partial charge >= 0.3 is 0 Å². The predicted octanol–water partition coefficient (Wildman–Crippen LogP) is 0.182. The third-order valence-corrected chi connectivity index (χ3v) is 1.08. The Labute approximate surface area is 59.3 Å². The Morgan fingerprint density at radius 1 is 1.70 bits per heavy atom. The van der Waals surface area contributed by atoms with E-state index in [-0.39, 0.29) is 0 Å². The Hall–Kier alpha value is -1.38. The molecule has 0 spiro atoms. The van der Waals surface area contributed by atoms with E-state index in [1.54, 1.807) is 29.1 Å². The molecule has 0 aliphatic heterocycles. The van der Waals surface area contributed by atoms with Crippen LogP contribution in [0, 0.1) is 7.05 Å². The monoisotopic (exact) mass is 136 g/mol. The molecule has 51 valence electrons. The molecule has 3 heteroatoms. The molecular formula is C7H8N2O+. The number of anilines is 1. The first kappa shape index (κ1) is 6.74. The van der Waals surface area contributed by atoms with E-state index in [1.165, 1.54) is 0 Å². The van der Waals surface area contributed by atoms with Gasteiger partial charge in [0.1, 0.15) is 5.69 Å². The van der Waals surface area contributed by atoms with Gasteiger partial charge in [-0.2, -0.15) is 4.57 Å². The van der Waals surface area contributed by atoms with Crippen LogP contribution in [0.2, 0.25) is 0 Å². The lowest BCUT2D eigenvalue weighted by molar-refractivity contribution is -0.611. The van der Waals surface area contributed by atoms with E-state index in [4.69, 9.17) is 0 Å². The molecule has 0 saturated carbocycles. The number of pyridine rings is 1. The Morgan fingerprint density at radius 3 is 3.10 bits per heavy atom. The molecular weight excluding hydrogens is 128 g/mol. The summed E-state index contributed by atoms with van der Waals surface area (Å²) in [5.41, 5.74) is 0.743. The van der Waals surface area contributed by atoms with Crippen molar-refractivity contribution in [1.29, 1.82) is 0 Å². The lowest BCUT2D eigenvalue weighted by Gasteiger charge is -1.92. The topological polar surface area (TPSA) is 33.0 Å². The number of carbonyl (C=O) groups excluding carboxylic acids is 1. The van der Waals surface area contributed by atoms with Crippen molar-refractivity contribution in [3.05, 3.63) is 31.6 Å². The maximum atomic E-state index is 9.94. The van der Waals surface area contributed by atoms with Crippen LogP contribution in [0.4, 0.5) is 5.69 Å². The number of hydrogen-bond donors (Lipinski definition) is 1. The van der Waals surface area contributed by atoms with Crippen molar-refractivity contribution in [2.75, 3.05) is 5.32 Å². The second-order valence-corrected chi connectivity index (χ2v) is 1.87. The highest BCUT2D eigenvalue weighted by Gasteiger charge is 1.93. The van der Waals surface area contributed by atoms with Crippen LogP contribution < -0.4 is 9.88 Å². The summed E-state index contributed by atoms with van der Waals surface area (Å²) >= 11 is 0. The molecule has 1 heterocycles. The third-order valence-electron chi connectivity index (χ3n) is 1.08. The SMILES string of the molecule is [CH2][n+]1cccc(NC=O)c1. The van der Waals surface area contributed by atoms with E-state index in [1.807, 2.05) is 0 Å². The molecule has 1 aromatic heterocycles. The number of rotatable bonds is 2. The Balaban J connectivity index is 2.84. The number of amides is 1. The van der Waals surface area contributed by atoms with Crippen molar-refractivity contribution in [2.24, 2.45) is 0 Å². The fourth-order valence-electron chi connectivity index (χ4n) is 0.675. The van der Waals surface area contributed by atoms with Gasteiger partial charge in [-0.3, -0.25) is 4.79 Å². The summed E-state index contributed by atoms with van der Waals surface area (Å²) in [7, 11) is 3.62. The van der Waals surface area contributed by atoms with Crippen LogP contribution in [0.1, 0.15) is 0 Å². The minimum atomic E-state index is 0.634. The van der Waals surface area contributed by atoms with Gasteiger partial charge in [0, 0.05) is 6.07 Å². The zero-order valence-electron chi connectivity index (χ0n) is 5.45. The van der Waals surface area contributed by atoms with Gasteiger partial charge in [0.15, 0.2) is 12.4 Å². The van der Waals surface area contributed by atoms with Crippen LogP contribution in [0.25, 0.3) is 0 Å². The van der Waals surface area contributed by atoms with Crippen LogP contribution in [0.5, 0.6) is 0 Å². The molecule has 10 heavy (non-hydrogen) atoms. The van der Waals surface area contributed by atoms with Crippen molar-refractivity contribution in [2.45, 2.75) is 0 Å². The van der Waals surface area contributed by atoms with Crippen LogP contribution >= 0.6 is 0 Å². The number of aromatic nitrogens is 1. The summed E-state index contributed by atoms with van der Waals surface area (Å²) in [5.74, 6) is 0.